The molecule has 0 saturated heterocycles. The maximum absolute atomic E-state index is 14.0. The molecule has 1 heterocycles. The highest BCUT2D eigenvalue weighted by atomic mass is 19.1. The maximum atomic E-state index is 14.0. The first kappa shape index (κ1) is 25.6. The Morgan fingerprint density at radius 1 is 0.917 bits per heavy atom. The molecular weight excluding hydrogens is 453 g/mol. The van der Waals surface area contributed by atoms with Crippen LogP contribution in [0.1, 0.15) is 51.3 Å². The van der Waals surface area contributed by atoms with Crippen molar-refractivity contribution in [3.63, 3.8) is 0 Å². The van der Waals surface area contributed by atoms with E-state index in [4.69, 9.17) is 14.2 Å². The van der Waals surface area contributed by atoms with E-state index in [1.165, 1.54) is 17.7 Å². The van der Waals surface area contributed by atoms with Crippen molar-refractivity contribution in [2.45, 2.75) is 53.7 Å². The zero-order valence-electron chi connectivity index (χ0n) is 22.3. The highest BCUT2D eigenvalue weighted by molar-refractivity contribution is 5.88. The van der Waals surface area contributed by atoms with Crippen LogP contribution in [0.25, 0.3) is 16.7 Å². The van der Waals surface area contributed by atoms with E-state index in [0.717, 1.165) is 45.0 Å². The Bertz CT molecular complexity index is 1290. The number of halogens is 1. The van der Waals surface area contributed by atoms with Gasteiger partial charge in [0.15, 0.2) is 0 Å². The number of nitrogens with one attached hydrogen (secondary N) is 1. The Hall–Kier alpha value is -3.47. The summed E-state index contributed by atoms with van der Waals surface area (Å²) in [5, 5.41) is 3.63. The fourth-order valence-corrected chi connectivity index (χ4v) is 4.73. The summed E-state index contributed by atoms with van der Waals surface area (Å²) in [5.41, 5.74) is 7.01. The highest BCUT2D eigenvalue weighted by Crippen LogP contribution is 2.43. The van der Waals surface area contributed by atoms with Crippen molar-refractivity contribution in [3.05, 3.63) is 77.1 Å². The number of ether oxygens (including phenoxy) is 3. The fraction of sp³-hybridized carbons (Fsp3) is 0.355. The number of benzene rings is 3. The number of fused-ring (bicyclic) bond motifs is 1. The lowest BCUT2D eigenvalue weighted by Gasteiger charge is -2.33. The molecule has 1 aliphatic rings. The Labute approximate surface area is 214 Å². The molecule has 36 heavy (non-hydrogen) atoms. The molecule has 3 aromatic carbocycles. The van der Waals surface area contributed by atoms with Gasteiger partial charge in [-0.3, -0.25) is 0 Å². The summed E-state index contributed by atoms with van der Waals surface area (Å²) in [6.45, 7) is 13.5. The Balaban J connectivity index is 1.82. The molecule has 0 bridgehead atoms. The third kappa shape index (κ3) is 5.51. The van der Waals surface area contributed by atoms with E-state index < -0.39 is 0 Å². The standard InChI is InChI=1S/C31H36FNO3/c1-19(2)17-35-23-10-11-25(29(15-23)34-7)24-12-13-27-30(21(4)16-31(5,6)33-27)26(24)18-36-28-14-22(32)9-8-20(28)3/h8-16,19,33H,17-18H2,1-7H3. The predicted molar refractivity (Wildman–Crippen MR) is 146 cm³/mol. The van der Waals surface area contributed by atoms with Gasteiger partial charge < -0.3 is 19.5 Å². The Kier molecular flexibility index (Phi) is 7.30. The van der Waals surface area contributed by atoms with Crippen molar-refractivity contribution in [3.8, 4) is 28.4 Å². The van der Waals surface area contributed by atoms with Crippen molar-refractivity contribution >= 4 is 11.3 Å². The van der Waals surface area contributed by atoms with Gasteiger partial charge in [0.25, 0.3) is 0 Å². The van der Waals surface area contributed by atoms with E-state index in [9.17, 15) is 4.39 Å². The van der Waals surface area contributed by atoms with Gasteiger partial charge in [0, 0.05) is 34.5 Å². The summed E-state index contributed by atoms with van der Waals surface area (Å²) in [6, 6.07) is 14.8. The molecule has 1 N–H and O–H groups in total. The predicted octanol–water partition coefficient (Wildman–Crippen LogP) is 8.03. The molecule has 190 valence electrons. The molecule has 0 atom stereocenters. The molecule has 0 aliphatic carbocycles. The SMILES string of the molecule is COc1cc(OCC(C)C)ccc1-c1ccc2c(c1COc1cc(F)ccc1C)C(C)=CC(C)(C)N2. The molecule has 3 aromatic rings. The number of rotatable bonds is 8. The van der Waals surface area contributed by atoms with Gasteiger partial charge in [-0.05, 0) is 74.6 Å². The number of anilines is 1. The zero-order chi connectivity index (χ0) is 26.0. The first-order valence-corrected chi connectivity index (χ1v) is 12.4. The van der Waals surface area contributed by atoms with Gasteiger partial charge in [-0.2, -0.15) is 0 Å². The van der Waals surface area contributed by atoms with Crippen molar-refractivity contribution < 1.29 is 18.6 Å². The van der Waals surface area contributed by atoms with E-state index >= 15 is 0 Å². The minimum Gasteiger partial charge on any atom is -0.496 e. The second-order valence-corrected chi connectivity index (χ2v) is 10.5. The molecule has 4 nitrogen and oxygen atoms in total. The molecule has 0 spiro atoms. The van der Waals surface area contributed by atoms with Crippen LogP contribution in [-0.2, 0) is 6.61 Å². The van der Waals surface area contributed by atoms with E-state index in [-0.39, 0.29) is 18.0 Å². The van der Waals surface area contributed by atoms with Gasteiger partial charge >= 0.3 is 0 Å². The van der Waals surface area contributed by atoms with Crippen LogP contribution >= 0.6 is 0 Å². The summed E-state index contributed by atoms with van der Waals surface area (Å²) in [5.74, 6) is 2.15. The fourth-order valence-electron chi connectivity index (χ4n) is 4.73. The van der Waals surface area contributed by atoms with E-state index in [0.29, 0.717) is 18.3 Å². The molecule has 0 fully saturated rings. The quantitative estimate of drug-likeness (QED) is 0.348. The summed E-state index contributed by atoms with van der Waals surface area (Å²) in [4.78, 5) is 0. The van der Waals surface area contributed by atoms with Crippen molar-refractivity contribution in [2.75, 3.05) is 19.0 Å². The van der Waals surface area contributed by atoms with Gasteiger partial charge in [0.05, 0.1) is 19.3 Å². The van der Waals surface area contributed by atoms with Crippen LogP contribution in [0.3, 0.4) is 0 Å². The molecule has 0 amide bonds. The van der Waals surface area contributed by atoms with Crippen LogP contribution in [0.15, 0.2) is 54.6 Å². The van der Waals surface area contributed by atoms with Crippen LogP contribution in [-0.4, -0.2) is 19.3 Å². The van der Waals surface area contributed by atoms with Gasteiger partial charge in [0.1, 0.15) is 29.7 Å². The van der Waals surface area contributed by atoms with Crippen LogP contribution in [0.4, 0.5) is 10.1 Å². The van der Waals surface area contributed by atoms with Gasteiger partial charge in [0.2, 0.25) is 0 Å². The molecule has 0 aromatic heterocycles. The first-order valence-electron chi connectivity index (χ1n) is 12.4. The van der Waals surface area contributed by atoms with E-state index in [1.54, 1.807) is 13.2 Å². The average molecular weight is 490 g/mol. The van der Waals surface area contributed by atoms with E-state index in [2.05, 4.69) is 58.1 Å². The third-order valence-electron chi connectivity index (χ3n) is 6.31. The van der Waals surface area contributed by atoms with Crippen molar-refractivity contribution in [1.29, 1.82) is 0 Å². The van der Waals surface area contributed by atoms with Crippen LogP contribution in [0.2, 0.25) is 0 Å². The molecule has 5 heteroatoms. The highest BCUT2D eigenvalue weighted by Gasteiger charge is 2.27. The smallest absolute Gasteiger partial charge is 0.130 e. The van der Waals surface area contributed by atoms with Crippen LogP contribution < -0.4 is 19.5 Å². The summed E-state index contributed by atoms with van der Waals surface area (Å²) < 4.78 is 31.9. The number of aryl methyl sites for hydroxylation is 1. The van der Waals surface area contributed by atoms with Crippen LogP contribution in [0.5, 0.6) is 17.2 Å². The number of hydrogen-bond acceptors (Lipinski definition) is 4. The minimum absolute atomic E-state index is 0.164. The second-order valence-electron chi connectivity index (χ2n) is 10.5. The minimum atomic E-state index is -0.316. The monoisotopic (exact) mass is 489 g/mol. The molecule has 0 unspecified atom stereocenters. The van der Waals surface area contributed by atoms with Crippen LogP contribution in [0, 0.1) is 18.7 Å². The summed E-state index contributed by atoms with van der Waals surface area (Å²) in [6.07, 6.45) is 2.23. The molecular formula is C31H36FNO3. The zero-order valence-corrected chi connectivity index (χ0v) is 22.3. The number of methoxy groups -OCH3 is 1. The lowest BCUT2D eigenvalue weighted by atomic mass is 9.85. The topological polar surface area (TPSA) is 39.7 Å². The molecule has 1 aliphatic heterocycles. The largest absolute Gasteiger partial charge is 0.496 e. The lowest BCUT2D eigenvalue weighted by molar-refractivity contribution is 0.269. The number of allylic oxidation sites excluding steroid dienone is 1. The molecule has 0 saturated carbocycles. The third-order valence-corrected chi connectivity index (χ3v) is 6.31. The van der Waals surface area contributed by atoms with Crippen molar-refractivity contribution in [2.24, 2.45) is 5.92 Å². The van der Waals surface area contributed by atoms with Gasteiger partial charge in [-0.25, -0.2) is 4.39 Å². The lowest BCUT2D eigenvalue weighted by Crippen LogP contribution is -2.32. The second kappa shape index (κ2) is 10.3. The van der Waals surface area contributed by atoms with Crippen molar-refractivity contribution in [1.82, 2.24) is 0 Å². The average Bonchev–Trinajstić information content (AvgIpc) is 2.82. The van der Waals surface area contributed by atoms with Gasteiger partial charge in [-0.15, -0.1) is 0 Å². The van der Waals surface area contributed by atoms with Gasteiger partial charge in [-0.1, -0.05) is 32.1 Å². The van der Waals surface area contributed by atoms with E-state index in [1.807, 2.05) is 25.1 Å². The Morgan fingerprint density at radius 3 is 2.39 bits per heavy atom. The number of hydrogen-bond donors (Lipinski definition) is 1. The maximum Gasteiger partial charge on any atom is 0.130 e. The molecule has 0 radical (unpaired) electrons. The molecule has 4 rings (SSSR count). The summed E-state index contributed by atoms with van der Waals surface area (Å²) in [7, 11) is 1.67. The summed E-state index contributed by atoms with van der Waals surface area (Å²) >= 11 is 0. The Morgan fingerprint density at radius 2 is 1.67 bits per heavy atom. The normalized spacial score (nSPS) is 14.1. The first-order chi connectivity index (χ1) is 17.1.